The van der Waals surface area contributed by atoms with Gasteiger partial charge in [-0.25, -0.2) is 0 Å². The first kappa shape index (κ1) is 24.0. The average molecular weight is 441 g/mol. The second-order valence-electron chi connectivity index (χ2n) is 8.16. The lowest BCUT2D eigenvalue weighted by Gasteiger charge is -2.25. The molecule has 1 fully saturated rings. The van der Waals surface area contributed by atoms with E-state index in [1.807, 2.05) is 48.5 Å². The van der Waals surface area contributed by atoms with Crippen molar-refractivity contribution in [3.8, 4) is 11.5 Å². The molecule has 32 heavy (non-hydrogen) atoms. The minimum Gasteiger partial charge on any atom is -0.426 e. The van der Waals surface area contributed by atoms with Crippen molar-refractivity contribution < 1.29 is 28.5 Å². The molecule has 0 radical (unpaired) electrons. The van der Waals surface area contributed by atoms with Crippen LogP contribution in [-0.4, -0.2) is 39.4 Å². The van der Waals surface area contributed by atoms with Crippen LogP contribution in [0.2, 0.25) is 0 Å². The molecule has 6 nitrogen and oxygen atoms in total. The maximum absolute atomic E-state index is 12.5. The van der Waals surface area contributed by atoms with Crippen molar-refractivity contribution in [3.63, 3.8) is 0 Å². The summed E-state index contributed by atoms with van der Waals surface area (Å²) in [4.78, 5) is 25.1. The Morgan fingerprint density at radius 1 is 0.656 bits per heavy atom. The van der Waals surface area contributed by atoms with Gasteiger partial charge in [0.05, 0.1) is 25.0 Å². The summed E-state index contributed by atoms with van der Waals surface area (Å²) < 4.78 is 21.2. The summed E-state index contributed by atoms with van der Waals surface area (Å²) in [5.41, 5.74) is 2.27. The molecule has 1 aliphatic rings. The fourth-order valence-corrected chi connectivity index (χ4v) is 3.85. The van der Waals surface area contributed by atoms with E-state index in [2.05, 4.69) is 0 Å². The Bertz CT molecular complexity index is 777. The third-order valence-corrected chi connectivity index (χ3v) is 5.87. The second-order valence-corrected chi connectivity index (χ2v) is 8.16. The number of ether oxygens (including phenoxy) is 4. The van der Waals surface area contributed by atoms with Crippen LogP contribution in [0, 0.1) is 11.8 Å². The van der Waals surface area contributed by atoms with Crippen LogP contribution in [0.5, 0.6) is 11.5 Å². The minimum absolute atomic E-state index is 0.188. The molecule has 0 amide bonds. The van der Waals surface area contributed by atoms with Crippen LogP contribution < -0.4 is 9.47 Å². The van der Waals surface area contributed by atoms with Crippen LogP contribution in [0.1, 0.15) is 36.8 Å². The SMILES string of the molecule is COCCc1ccc(OC(=O)C2CCC(C(=O)Oc3ccc(CCOC)cc3)CC2)cc1. The Morgan fingerprint density at radius 2 is 1.00 bits per heavy atom. The van der Waals surface area contributed by atoms with Crippen LogP contribution in [0.15, 0.2) is 48.5 Å². The molecule has 172 valence electrons. The highest BCUT2D eigenvalue weighted by molar-refractivity contribution is 5.77. The highest BCUT2D eigenvalue weighted by atomic mass is 16.5. The Balaban J connectivity index is 1.42. The van der Waals surface area contributed by atoms with Crippen LogP contribution in [0.4, 0.5) is 0 Å². The van der Waals surface area contributed by atoms with Gasteiger partial charge in [-0.3, -0.25) is 9.59 Å². The Kier molecular flexibility index (Phi) is 9.26. The van der Waals surface area contributed by atoms with E-state index in [1.165, 1.54) is 0 Å². The minimum atomic E-state index is -0.229. The zero-order valence-electron chi connectivity index (χ0n) is 18.9. The summed E-state index contributed by atoms with van der Waals surface area (Å²) in [6.07, 6.45) is 4.15. The molecule has 0 aliphatic heterocycles. The van der Waals surface area contributed by atoms with Crippen LogP contribution in [0.3, 0.4) is 0 Å². The maximum atomic E-state index is 12.5. The van der Waals surface area contributed by atoms with E-state index in [9.17, 15) is 9.59 Å². The van der Waals surface area contributed by atoms with Crippen molar-refractivity contribution >= 4 is 11.9 Å². The van der Waals surface area contributed by atoms with Crippen LogP contribution >= 0.6 is 0 Å². The van der Waals surface area contributed by atoms with Gasteiger partial charge in [-0.1, -0.05) is 24.3 Å². The summed E-state index contributed by atoms with van der Waals surface area (Å²) in [7, 11) is 3.35. The van der Waals surface area contributed by atoms with Gasteiger partial charge in [0.2, 0.25) is 0 Å². The Hall–Kier alpha value is -2.70. The fraction of sp³-hybridized carbons (Fsp3) is 0.462. The van der Waals surface area contributed by atoms with E-state index < -0.39 is 0 Å². The molecule has 0 atom stereocenters. The lowest BCUT2D eigenvalue weighted by Crippen LogP contribution is -2.30. The average Bonchev–Trinajstić information content (AvgIpc) is 2.83. The third kappa shape index (κ3) is 7.18. The molecule has 0 saturated heterocycles. The van der Waals surface area contributed by atoms with E-state index in [0.717, 1.165) is 24.0 Å². The van der Waals surface area contributed by atoms with Crippen molar-refractivity contribution in [2.45, 2.75) is 38.5 Å². The van der Waals surface area contributed by atoms with Gasteiger partial charge in [-0.05, 0) is 73.9 Å². The summed E-state index contributed by atoms with van der Waals surface area (Å²) in [5, 5.41) is 0. The van der Waals surface area contributed by atoms with Gasteiger partial charge in [-0.15, -0.1) is 0 Å². The number of hydrogen-bond donors (Lipinski definition) is 0. The highest BCUT2D eigenvalue weighted by Gasteiger charge is 2.32. The molecule has 0 unspecified atom stereocenters. The van der Waals surface area contributed by atoms with Gasteiger partial charge in [0.25, 0.3) is 0 Å². The monoisotopic (exact) mass is 440 g/mol. The lowest BCUT2D eigenvalue weighted by molar-refractivity contribution is -0.145. The summed E-state index contributed by atoms with van der Waals surface area (Å²) in [5.74, 6) is 0.263. The van der Waals surface area contributed by atoms with E-state index in [4.69, 9.17) is 18.9 Å². The van der Waals surface area contributed by atoms with Gasteiger partial charge in [-0.2, -0.15) is 0 Å². The molecule has 3 rings (SSSR count). The van der Waals surface area contributed by atoms with Crippen molar-refractivity contribution in [3.05, 3.63) is 59.7 Å². The number of hydrogen-bond acceptors (Lipinski definition) is 6. The molecule has 2 aromatic rings. The summed E-state index contributed by atoms with van der Waals surface area (Å²) in [6, 6.07) is 15.0. The molecule has 6 heteroatoms. The van der Waals surface area contributed by atoms with E-state index in [0.29, 0.717) is 50.4 Å². The van der Waals surface area contributed by atoms with E-state index >= 15 is 0 Å². The van der Waals surface area contributed by atoms with E-state index in [1.54, 1.807) is 14.2 Å². The predicted molar refractivity (Wildman–Crippen MR) is 121 cm³/mol. The fourth-order valence-electron chi connectivity index (χ4n) is 3.85. The summed E-state index contributed by atoms with van der Waals surface area (Å²) in [6.45, 7) is 1.31. The number of methoxy groups -OCH3 is 2. The Morgan fingerprint density at radius 3 is 1.31 bits per heavy atom. The lowest BCUT2D eigenvalue weighted by atomic mass is 9.82. The summed E-state index contributed by atoms with van der Waals surface area (Å²) >= 11 is 0. The quantitative estimate of drug-likeness (QED) is 0.403. The molecule has 0 spiro atoms. The largest absolute Gasteiger partial charge is 0.426 e. The highest BCUT2D eigenvalue weighted by Crippen LogP contribution is 2.31. The molecule has 1 aliphatic carbocycles. The van der Waals surface area contributed by atoms with Crippen molar-refractivity contribution in [2.75, 3.05) is 27.4 Å². The zero-order valence-corrected chi connectivity index (χ0v) is 18.9. The number of carbonyl (C=O) groups is 2. The molecular formula is C26H32O6. The molecule has 0 N–H and O–H groups in total. The number of rotatable bonds is 10. The molecule has 0 bridgehead atoms. The van der Waals surface area contributed by atoms with Gasteiger partial charge in [0, 0.05) is 14.2 Å². The van der Waals surface area contributed by atoms with E-state index in [-0.39, 0.29) is 23.8 Å². The van der Waals surface area contributed by atoms with Gasteiger partial charge in [0.1, 0.15) is 11.5 Å². The normalized spacial score (nSPS) is 18.2. The molecule has 0 aromatic heterocycles. The van der Waals surface area contributed by atoms with Crippen molar-refractivity contribution in [1.82, 2.24) is 0 Å². The molecule has 2 aromatic carbocycles. The number of esters is 2. The smallest absolute Gasteiger partial charge is 0.314 e. The molecule has 1 saturated carbocycles. The zero-order chi connectivity index (χ0) is 22.8. The van der Waals surface area contributed by atoms with Crippen LogP contribution in [0.25, 0.3) is 0 Å². The predicted octanol–water partition coefficient (Wildman–Crippen LogP) is 4.38. The molecular weight excluding hydrogens is 408 g/mol. The van der Waals surface area contributed by atoms with Crippen molar-refractivity contribution in [2.24, 2.45) is 11.8 Å². The van der Waals surface area contributed by atoms with Gasteiger partial charge in [0.15, 0.2) is 0 Å². The second kappa shape index (κ2) is 12.4. The molecule has 0 heterocycles. The third-order valence-electron chi connectivity index (χ3n) is 5.87. The van der Waals surface area contributed by atoms with Crippen molar-refractivity contribution in [1.29, 1.82) is 0 Å². The number of benzene rings is 2. The van der Waals surface area contributed by atoms with Crippen LogP contribution in [-0.2, 0) is 31.9 Å². The first-order valence-electron chi connectivity index (χ1n) is 11.2. The number of carbonyl (C=O) groups excluding carboxylic acids is 2. The topological polar surface area (TPSA) is 71.1 Å². The first-order valence-corrected chi connectivity index (χ1v) is 11.2. The van der Waals surface area contributed by atoms with Gasteiger partial charge < -0.3 is 18.9 Å². The first-order chi connectivity index (χ1) is 15.6. The maximum Gasteiger partial charge on any atom is 0.314 e. The Labute approximate surface area is 189 Å². The standard InChI is InChI=1S/C26H32O6/c1-29-17-15-19-3-11-23(12-4-19)31-25(27)21-7-9-22(10-8-21)26(28)32-24-13-5-20(6-14-24)16-18-30-2/h3-6,11-14,21-22H,7-10,15-18H2,1-2H3. The van der Waals surface area contributed by atoms with Gasteiger partial charge >= 0.3 is 11.9 Å².